The predicted molar refractivity (Wildman–Crippen MR) is 85.5 cm³/mol. The normalized spacial score (nSPS) is 15.5. The molecule has 124 valence electrons. The number of aliphatic hydroxyl groups is 1. The summed E-state index contributed by atoms with van der Waals surface area (Å²) in [4.78, 5) is 24.4. The molecular formula is C18H17NO5. The van der Waals surface area contributed by atoms with Gasteiger partial charge in [0.2, 0.25) is 0 Å². The number of likely N-dealkylation sites (tertiary alicyclic amines) is 1. The Bertz CT molecular complexity index is 753. The zero-order chi connectivity index (χ0) is 17.2. The van der Waals surface area contributed by atoms with Crippen LogP contribution in [0, 0.1) is 0 Å². The Hall–Kier alpha value is -2.86. The number of rotatable bonds is 4. The minimum absolute atomic E-state index is 0.0731. The van der Waals surface area contributed by atoms with Crippen molar-refractivity contribution in [3.8, 4) is 0 Å². The molecule has 6 nitrogen and oxygen atoms in total. The van der Waals surface area contributed by atoms with E-state index >= 15 is 0 Å². The summed E-state index contributed by atoms with van der Waals surface area (Å²) in [5, 5.41) is 19.6. The van der Waals surface area contributed by atoms with Gasteiger partial charge in [-0.3, -0.25) is 0 Å². The molecule has 1 aliphatic heterocycles. The van der Waals surface area contributed by atoms with E-state index in [0.717, 1.165) is 5.56 Å². The molecule has 2 N–H and O–H groups in total. The summed E-state index contributed by atoms with van der Waals surface area (Å²) in [6, 6.07) is 15.4. The highest BCUT2D eigenvalue weighted by Gasteiger charge is 2.45. The van der Waals surface area contributed by atoms with Gasteiger partial charge in [0.25, 0.3) is 0 Å². The Morgan fingerprint density at radius 3 is 2.46 bits per heavy atom. The third-order valence-corrected chi connectivity index (χ3v) is 4.02. The summed E-state index contributed by atoms with van der Waals surface area (Å²) >= 11 is 0. The molecule has 2 aromatic rings. The van der Waals surface area contributed by atoms with Crippen molar-refractivity contribution in [1.82, 2.24) is 4.90 Å². The molecule has 24 heavy (non-hydrogen) atoms. The van der Waals surface area contributed by atoms with Gasteiger partial charge in [-0.2, -0.15) is 0 Å². The van der Waals surface area contributed by atoms with Crippen LogP contribution >= 0.6 is 0 Å². The minimum Gasteiger partial charge on any atom is -0.478 e. The quantitative estimate of drug-likeness (QED) is 0.899. The molecule has 3 rings (SSSR count). The average Bonchev–Trinajstić information content (AvgIpc) is 2.58. The zero-order valence-electron chi connectivity index (χ0n) is 12.9. The molecule has 1 amide bonds. The number of carbonyl (C=O) groups excluding carboxylic acids is 1. The van der Waals surface area contributed by atoms with Crippen LogP contribution in [0.5, 0.6) is 0 Å². The highest BCUT2D eigenvalue weighted by atomic mass is 16.6. The first-order valence-corrected chi connectivity index (χ1v) is 7.50. The molecule has 1 heterocycles. The fraction of sp³-hybridized carbons (Fsp3) is 0.222. The van der Waals surface area contributed by atoms with Crippen LogP contribution in [0.4, 0.5) is 4.79 Å². The van der Waals surface area contributed by atoms with Gasteiger partial charge in [-0.1, -0.05) is 42.5 Å². The predicted octanol–water partition coefficient (Wildman–Crippen LogP) is 2.22. The van der Waals surface area contributed by atoms with Crippen LogP contribution in [-0.2, 0) is 16.9 Å². The number of hydrogen-bond acceptors (Lipinski definition) is 4. The van der Waals surface area contributed by atoms with E-state index < -0.39 is 17.7 Å². The van der Waals surface area contributed by atoms with Crippen LogP contribution in [0.15, 0.2) is 54.6 Å². The number of nitrogens with zero attached hydrogens (tertiary/aromatic N) is 1. The first kappa shape index (κ1) is 16.0. The Kier molecular flexibility index (Phi) is 4.22. The SMILES string of the molecule is O=C(O)c1cccc(C2(O)CN(C(=O)OCc3ccccc3)C2)c1. The third kappa shape index (κ3) is 3.23. The fourth-order valence-electron chi connectivity index (χ4n) is 2.65. The highest BCUT2D eigenvalue weighted by molar-refractivity contribution is 5.87. The molecule has 1 aliphatic rings. The van der Waals surface area contributed by atoms with E-state index in [-0.39, 0.29) is 25.3 Å². The van der Waals surface area contributed by atoms with Gasteiger partial charge in [-0.25, -0.2) is 9.59 Å². The maximum atomic E-state index is 12.0. The molecule has 0 unspecified atom stereocenters. The van der Waals surface area contributed by atoms with Crippen LogP contribution in [0.1, 0.15) is 21.5 Å². The second-order valence-electron chi connectivity index (χ2n) is 5.81. The van der Waals surface area contributed by atoms with Crippen molar-refractivity contribution in [2.75, 3.05) is 13.1 Å². The number of hydrogen-bond donors (Lipinski definition) is 2. The molecule has 0 bridgehead atoms. The summed E-state index contributed by atoms with van der Waals surface area (Å²) in [5.74, 6) is -1.06. The Labute approximate surface area is 138 Å². The number of amides is 1. The van der Waals surface area contributed by atoms with E-state index in [1.165, 1.54) is 17.0 Å². The topological polar surface area (TPSA) is 87.1 Å². The molecule has 0 aromatic heterocycles. The Morgan fingerprint density at radius 1 is 1.08 bits per heavy atom. The molecule has 0 atom stereocenters. The molecule has 0 aliphatic carbocycles. The molecule has 2 aromatic carbocycles. The first-order valence-electron chi connectivity index (χ1n) is 7.50. The summed E-state index contributed by atoms with van der Waals surface area (Å²) in [5.41, 5.74) is 0.230. The number of ether oxygens (including phenoxy) is 1. The van der Waals surface area contributed by atoms with E-state index in [0.29, 0.717) is 5.56 Å². The smallest absolute Gasteiger partial charge is 0.410 e. The lowest BCUT2D eigenvalue weighted by atomic mass is 9.85. The molecule has 1 fully saturated rings. The summed E-state index contributed by atoms with van der Waals surface area (Å²) < 4.78 is 5.20. The lowest BCUT2D eigenvalue weighted by Gasteiger charge is -2.45. The van der Waals surface area contributed by atoms with Gasteiger partial charge in [0, 0.05) is 0 Å². The molecule has 0 radical (unpaired) electrons. The second kappa shape index (κ2) is 6.33. The van der Waals surface area contributed by atoms with Gasteiger partial charge in [0.1, 0.15) is 12.2 Å². The van der Waals surface area contributed by atoms with E-state index in [9.17, 15) is 14.7 Å². The van der Waals surface area contributed by atoms with Gasteiger partial charge in [-0.05, 0) is 23.3 Å². The van der Waals surface area contributed by atoms with Crippen LogP contribution in [-0.4, -0.2) is 40.3 Å². The van der Waals surface area contributed by atoms with E-state index in [1.54, 1.807) is 12.1 Å². The zero-order valence-corrected chi connectivity index (χ0v) is 12.9. The molecule has 1 saturated heterocycles. The van der Waals surface area contributed by atoms with Crippen molar-refractivity contribution in [2.45, 2.75) is 12.2 Å². The van der Waals surface area contributed by atoms with Crippen molar-refractivity contribution in [1.29, 1.82) is 0 Å². The number of carbonyl (C=O) groups is 2. The van der Waals surface area contributed by atoms with Crippen molar-refractivity contribution in [2.24, 2.45) is 0 Å². The molecule has 6 heteroatoms. The van der Waals surface area contributed by atoms with E-state index in [2.05, 4.69) is 0 Å². The summed E-state index contributed by atoms with van der Waals surface area (Å²) in [6.07, 6.45) is -0.502. The van der Waals surface area contributed by atoms with Gasteiger partial charge < -0.3 is 19.8 Å². The van der Waals surface area contributed by atoms with Gasteiger partial charge in [-0.15, -0.1) is 0 Å². The van der Waals surface area contributed by atoms with Crippen LogP contribution in [0.2, 0.25) is 0 Å². The van der Waals surface area contributed by atoms with Crippen molar-refractivity contribution >= 4 is 12.1 Å². The maximum Gasteiger partial charge on any atom is 0.410 e. The summed E-state index contributed by atoms with van der Waals surface area (Å²) in [7, 11) is 0. The van der Waals surface area contributed by atoms with E-state index in [1.807, 2.05) is 30.3 Å². The maximum absolute atomic E-state index is 12.0. The standard InChI is InChI=1S/C18H17NO5/c20-16(21)14-7-4-8-15(9-14)18(23)11-19(12-18)17(22)24-10-13-5-2-1-3-6-13/h1-9,23H,10-12H2,(H,20,21). The second-order valence-corrected chi connectivity index (χ2v) is 5.81. The van der Waals surface area contributed by atoms with Gasteiger partial charge in [0.05, 0.1) is 18.7 Å². The summed E-state index contributed by atoms with van der Waals surface area (Å²) in [6.45, 7) is 0.316. The first-order chi connectivity index (χ1) is 11.5. The van der Waals surface area contributed by atoms with Crippen molar-refractivity contribution < 1.29 is 24.5 Å². The number of carboxylic acids is 1. The van der Waals surface area contributed by atoms with Crippen molar-refractivity contribution in [3.63, 3.8) is 0 Å². The average molecular weight is 327 g/mol. The van der Waals surface area contributed by atoms with Crippen LogP contribution in [0.25, 0.3) is 0 Å². The number of carboxylic acid groups (broad SMARTS) is 1. The lowest BCUT2D eigenvalue weighted by molar-refractivity contribution is -0.0949. The van der Waals surface area contributed by atoms with Crippen LogP contribution in [0.3, 0.4) is 0 Å². The minimum atomic E-state index is -1.24. The number of aromatic carboxylic acids is 1. The fourth-order valence-corrected chi connectivity index (χ4v) is 2.65. The largest absolute Gasteiger partial charge is 0.478 e. The molecule has 0 spiro atoms. The lowest BCUT2D eigenvalue weighted by Crippen LogP contribution is -2.61. The Balaban J connectivity index is 1.58. The highest BCUT2D eigenvalue weighted by Crippen LogP contribution is 2.32. The van der Waals surface area contributed by atoms with Crippen molar-refractivity contribution in [3.05, 3.63) is 71.3 Å². The third-order valence-electron chi connectivity index (χ3n) is 4.02. The molecule has 0 saturated carbocycles. The monoisotopic (exact) mass is 327 g/mol. The van der Waals surface area contributed by atoms with Gasteiger partial charge in [0.15, 0.2) is 0 Å². The van der Waals surface area contributed by atoms with E-state index in [4.69, 9.17) is 9.84 Å². The van der Waals surface area contributed by atoms with Crippen LogP contribution < -0.4 is 0 Å². The van der Waals surface area contributed by atoms with Gasteiger partial charge >= 0.3 is 12.1 Å². The Morgan fingerprint density at radius 2 is 1.79 bits per heavy atom. The molecular weight excluding hydrogens is 310 g/mol. The number of β-amino-alcohol motifs (C(OH)–C–C–N with tert-alkyl or cyclic N) is 1. The number of benzene rings is 2.